The molecule has 0 aliphatic rings. The van der Waals surface area contributed by atoms with Crippen LogP contribution in [0.25, 0.3) is 0 Å². The van der Waals surface area contributed by atoms with E-state index in [9.17, 15) is 0 Å². The second-order valence-electron chi connectivity index (χ2n) is 3.65. The Morgan fingerprint density at radius 1 is 1.36 bits per heavy atom. The SMILES string of the molecule is CCC(C#CC(C)(C)C)SC. The van der Waals surface area contributed by atoms with Crippen LogP contribution in [0, 0.1) is 17.3 Å². The monoisotopic (exact) mass is 170 g/mol. The maximum Gasteiger partial charge on any atom is 0.0651 e. The lowest BCUT2D eigenvalue weighted by atomic mass is 9.98. The minimum atomic E-state index is 0.156. The molecule has 0 radical (unpaired) electrons. The molecule has 0 rings (SSSR count). The molecule has 0 nitrogen and oxygen atoms in total. The summed E-state index contributed by atoms with van der Waals surface area (Å²) in [5, 5.41) is 0.522. The van der Waals surface area contributed by atoms with Crippen LogP contribution in [0.5, 0.6) is 0 Å². The Kier molecular flexibility index (Phi) is 4.68. The predicted octanol–water partition coefficient (Wildman–Crippen LogP) is 3.18. The molecule has 0 N–H and O–H groups in total. The molecule has 0 saturated carbocycles. The first-order chi connectivity index (χ1) is 4.99. The van der Waals surface area contributed by atoms with Crippen LogP contribution in [0.15, 0.2) is 0 Å². The highest BCUT2D eigenvalue weighted by Gasteiger charge is 2.05. The van der Waals surface area contributed by atoms with Gasteiger partial charge in [0.25, 0.3) is 0 Å². The van der Waals surface area contributed by atoms with Gasteiger partial charge in [-0.3, -0.25) is 0 Å². The summed E-state index contributed by atoms with van der Waals surface area (Å²) in [7, 11) is 0. The van der Waals surface area contributed by atoms with Crippen molar-refractivity contribution < 1.29 is 0 Å². The summed E-state index contributed by atoms with van der Waals surface area (Å²) in [6, 6.07) is 0. The van der Waals surface area contributed by atoms with Crippen molar-refractivity contribution >= 4 is 11.8 Å². The average molecular weight is 170 g/mol. The van der Waals surface area contributed by atoms with E-state index in [1.807, 2.05) is 11.8 Å². The third kappa shape index (κ3) is 6.31. The molecule has 0 bridgehead atoms. The molecule has 0 aliphatic carbocycles. The third-order valence-electron chi connectivity index (χ3n) is 1.26. The van der Waals surface area contributed by atoms with E-state index >= 15 is 0 Å². The van der Waals surface area contributed by atoms with Crippen molar-refractivity contribution in [2.75, 3.05) is 6.26 Å². The number of rotatable bonds is 2. The van der Waals surface area contributed by atoms with Crippen molar-refractivity contribution in [1.29, 1.82) is 0 Å². The molecule has 1 unspecified atom stereocenters. The van der Waals surface area contributed by atoms with Crippen LogP contribution in [0.2, 0.25) is 0 Å². The fourth-order valence-corrected chi connectivity index (χ4v) is 1.13. The van der Waals surface area contributed by atoms with E-state index in [1.54, 1.807) is 0 Å². The maximum absolute atomic E-state index is 3.27. The van der Waals surface area contributed by atoms with Crippen LogP contribution in [0.1, 0.15) is 34.1 Å². The van der Waals surface area contributed by atoms with Crippen molar-refractivity contribution in [3.8, 4) is 11.8 Å². The van der Waals surface area contributed by atoms with E-state index in [-0.39, 0.29) is 5.41 Å². The van der Waals surface area contributed by atoms with E-state index < -0.39 is 0 Å². The fraction of sp³-hybridized carbons (Fsp3) is 0.800. The molecule has 0 aromatic rings. The summed E-state index contributed by atoms with van der Waals surface area (Å²) in [6.07, 6.45) is 3.26. The lowest BCUT2D eigenvalue weighted by Gasteiger charge is -2.09. The van der Waals surface area contributed by atoms with E-state index in [4.69, 9.17) is 0 Å². The molecule has 0 aliphatic heterocycles. The van der Waals surface area contributed by atoms with Crippen molar-refractivity contribution in [3.63, 3.8) is 0 Å². The normalized spacial score (nSPS) is 13.5. The van der Waals surface area contributed by atoms with Gasteiger partial charge in [0, 0.05) is 5.41 Å². The maximum atomic E-state index is 3.27. The standard InChI is InChI=1S/C10H18S/c1-6-9(11-5)7-8-10(2,3)4/h9H,6H2,1-5H3. The Morgan fingerprint density at radius 2 is 1.91 bits per heavy atom. The zero-order chi connectivity index (χ0) is 8.91. The smallest absolute Gasteiger partial charge is 0.0651 e. The van der Waals surface area contributed by atoms with Crippen LogP contribution in [-0.4, -0.2) is 11.5 Å². The van der Waals surface area contributed by atoms with Crippen molar-refractivity contribution in [1.82, 2.24) is 0 Å². The molecule has 64 valence electrons. The lowest BCUT2D eigenvalue weighted by molar-refractivity contribution is 0.570. The van der Waals surface area contributed by atoms with E-state index in [0.29, 0.717) is 5.25 Å². The van der Waals surface area contributed by atoms with E-state index in [1.165, 1.54) is 0 Å². The van der Waals surface area contributed by atoms with E-state index in [2.05, 4.69) is 45.8 Å². The van der Waals surface area contributed by atoms with Gasteiger partial charge in [-0.15, -0.1) is 11.8 Å². The quantitative estimate of drug-likeness (QED) is 0.574. The molecular weight excluding hydrogens is 152 g/mol. The molecule has 0 spiro atoms. The first-order valence-corrected chi connectivity index (χ1v) is 5.34. The van der Waals surface area contributed by atoms with Gasteiger partial charge in [-0.25, -0.2) is 0 Å². The average Bonchev–Trinajstić information content (AvgIpc) is 1.88. The Bertz CT molecular complexity index is 150. The van der Waals surface area contributed by atoms with Crippen LogP contribution >= 0.6 is 11.8 Å². The van der Waals surface area contributed by atoms with Crippen LogP contribution in [-0.2, 0) is 0 Å². The summed E-state index contributed by atoms with van der Waals surface area (Å²) < 4.78 is 0. The number of hydrogen-bond donors (Lipinski definition) is 0. The lowest BCUT2D eigenvalue weighted by Crippen LogP contribution is -2.02. The van der Waals surface area contributed by atoms with Gasteiger partial charge in [-0.05, 0) is 33.4 Å². The Hall–Kier alpha value is -0.0900. The second-order valence-corrected chi connectivity index (χ2v) is 4.69. The molecule has 1 atom stereocenters. The van der Waals surface area contributed by atoms with Crippen LogP contribution in [0.3, 0.4) is 0 Å². The zero-order valence-corrected chi connectivity index (χ0v) is 9.01. The second kappa shape index (κ2) is 4.72. The molecule has 0 fully saturated rings. The Balaban J connectivity index is 4.04. The van der Waals surface area contributed by atoms with Gasteiger partial charge < -0.3 is 0 Å². The molecule has 0 heterocycles. The molecular formula is C10H18S. The Morgan fingerprint density at radius 3 is 2.18 bits per heavy atom. The topological polar surface area (TPSA) is 0 Å². The van der Waals surface area contributed by atoms with Crippen molar-refractivity contribution in [2.45, 2.75) is 39.4 Å². The van der Waals surface area contributed by atoms with Crippen molar-refractivity contribution in [3.05, 3.63) is 0 Å². The number of hydrogen-bond acceptors (Lipinski definition) is 1. The first kappa shape index (κ1) is 10.9. The molecule has 0 amide bonds. The largest absolute Gasteiger partial charge is 0.149 e. The molecule has 0 aromatic heterocycles. The zero-order valence-electron chi connectivity index (χ0n) is 8.19. The summed E-state index contributed by atoms with van der Waals surface area (Å²) >= 11 is 1.84. The van der Waals surface area contributed by atoms with Crippen LogP contribution in [0.4, 0.5) is 0 Å². The third-order valence-corrected chi connectivity index (χ3v) is 2.28. The molecule has 0 aromatic carbocycles. The number of thioether (sulfide) groups is 1. The minimum Gasteiger partial charge on any atom is -0.149 e. The fourth-order valence-electron chi connectivity index (χ4n) is 0.625. The highest BCUT2D eigenvalue weighted by Crippen LogP contribution is 2.13. The summed E-state index contributed by atoms with van der Waals surface area (Å²) in [5.74, 6) is 6.52. The molecule has 11 heavy (non-hydrogen) atoms. The van der Waals surface area contributed by atoms with Crippen molar-refractivity contribution in [2.24, 2.45) is 5.41 Å². The molecule has 1 heteroatoms. The van der Waals surface area contributed by atoms with Gasteiger partial charge in [-0.2, -0.15) is 0 Å². The van der Waals surface area contributed by atoms with E-state index in [0.717, 1.165) is 6.42 Å². The van der Waals surface area contributed by atoms with Gasteiger partial charge >= 0.3 is 0 Å². The minimum absolute atomic E-state index is 0.156. The summed E-state index contributed by atoms with van der Waals surface area (Å²) in [5.41, 5.74) is 0.156. The van der Waals surface area contributed by atoms with Gasteiger partial charge in [0.2, 0.25) is 0 Å². The first-order valence-electron chi connectivity index (χ1n) is 4.05. The van der Waals surface area contributed by atoms with Gasteiger partial charge in [-0.1, -0.05) is 18.8 Å². The summed E-state index contributed by atoms with van der Waals surface area (Å²) in [4.78, 5) is 0. The highest BCUT2D eigenvalue weighted by atomic mass is 32.2. The Labute approximate surface area is 75.1 Å². The van der Waals surface area contributed by atoms with Gasteiger partial charge in [0.05, 0.1) is 5.25 Å². The van der Waals surface area contributed by atoms with Crippen LogP contribution < -0.4 is 0 Å². The molecule has 0 saturated heterocycles. The van der Waals surface area contributed by atoms with Gasteiger partial charge in [0.15, 0.2) is 0 Å². The predicted molar refractivity (Wildman–Crippen MR) is 54.8 cm³/mol. The highest BCUT2D eigenvalue weighted by molar-refractivity contribution is 7.99. The summed E-state index contributed by atoms with van der Waals surface area (Å²) in [6.45, 7) is 8.62. The van der Waals surface area contributed by atoms with Gasteiger partial charge in [0.1, 0.15) is 0 Å².